The number of aromatic nitrogens is 1. The van der Waals surface area contributed by atoms with Gasteiger partial charge in [0.1, 0.15) is 11.5 Å². The number of nitrogens with zero attached hydrogens (tertiary/aromatic N) is 1. The Bertz CT molecular complexity index is 549. The number of hydrogen-bond donors (Lipinski definition) is 3. The Balaban J connectivity index is 0. The molecule has 0 spiro atoms. The van der Waals surface area contributed by atoms with Crippen LogP contribution in [0.15, 0.2) is 48.5 Å². The number of amidine groups is 1. The Kier molecular flexibility index (Phi) is 10.9. The van der Waals surface area contributed by atoms with E-state index in [-0.39, 0.29) is 49.1 Å². The maximum absolute atomic E-state index is 7.36. The van der Waals surface area contributed by atoms with E-state index in [4.69, 9.17) is 16.9 Å². The standard InChI is InChI=1S/C14H16N4.3ClH/c15-12(10-5-2-1-3-6-10)9-11-7-4-8-13(18-11)14(16)17;;;/h1-8,12H,9,15H2,(H3,16,17);3*1H. The molecule has 0 aliphatic heterocycles. The van der Waals surface area contributed by atoms with Crippen LogP contribution in [0.25, 0.3) is 0 Å². The SMILES string of the molecule is Cl.Cl.Cl.N=C(N)c1cccc(CC(N)c2ccccc2)n1. The molecule has 1 heterocycles. The molecule has 2 rings (SSSR count). The molecule has 0 aliphatic rings. The molecular formula is C14H19Cl3N4. The molecule has 1 atom stereocenters. The molecule has 116 valence electrons. The third-order valence-electron chi connectivity index (χ3n) is 2.74. The summed E-state index contributed by atoms with van der Waals surface area (Å²) in [6, 6.07) is 15.3. The van der Waals surface area contributed by atoms with Gasteiger partial charge in [0.25, 0.3) is 0 Å². The Morgan fingerprint density at radius 2 is 1.62 bits per heavy atom. The first kappa shape index (κ1) is 22.0. The normalized spacial score (nSPS) is 10.3. The first-order chi connectivity index (χ1) is 8.66. The maximum atomic E-state index is 7.36. The van der Waals surface area contributed by atoms with Gasteiger partial charge in [0.2, 0.25) is 0 Å². The highest BCUT2D eigenvalue weighted by molar-refractivity contribution is 5.92. The molecule has 21 heavy (non-hydrogen) atoms. The molecule has 0 bridgehead atoms. The van der Waals surface area contributed by atoms with Gasteiger partial charge in [-0.1, -0.05) is 36.4 Å². The molecule has 0 aliphatic carbocycles. The third-order valence-corrected chi connectivity index (χ3v) is 2.74. The molecule has 0 amide bonds. The van der Waals surface area contributed by atoms with Crippen molar-refractivity contribution in [2.24, 2.45) is 11.5 Å². The van der Waals surface area contributed by atoms with Crippen molar-refractivity contribution in [1.82, 2.24) is 4.98 Å². The zero-order chi connectivity index (χ0) is 13.0. The van der Waals surface area contributed by atoms with Crippen molar-refractivity contribution in [3.8, 4) is 0 Å². The summed E-state index contributed by atoms with van der Waals surface area (Å²) in [5.41, 5.74) is 14.0. The summed E-state index contributed by atoms with van der Waals surface area (Å²) in [6.07, 6.45) is 0.630. The monoisotopic (exact) mass is 348 g/mol. The highest BCUT2D eigenvalue weighted by Crippen LogP contribution is 2.14. The van der Waals surface area contributed by atoms with E-state index >= 15 is 0 Å². The van der Waals surface area contributed by atoms with Gasteiger partial charge in [0.15, 0.2) is 0 Å². The van der Waals surface area contributed by atoms with E-state index in [2.05, 4.69) is 4.98 Å². The number of nitrogens with one attached hydrogen (secondary N) is 1. The Hall–Kier alpha value is -1.33. The third kappa shape index (κ3) is 6.31. The van der Waals surface area contributed by atoms with Crippen LogP contribution in [-0.2, 0) is 6.42 Å². The molecule has 0 saturated heterocycles. The number of nitrogens with two attached hydrogens (primary N) is 2. The largest absolute Gasteiger partial charge is 0.382 e. The minimum absolute atomic E-state index is 0. The topological polar surface area (TPSA) is 88.8 Å². The van der Waals surface area contributed by atoms with E-state index in [0.29, 0.717) is 12.1 Å². The van der Waals surface area contributed by atoms with Gasteiger partial charge in [0.05, 0.1) is 0 Å². The van der Waals surface area contributed by atoms with Crippen LogP contribution in [0, 0.1) is 5.41 Å². The van der Waals surface area contributed by atoms with Crippen LogP contribution in [0.2, 0.25) is 0 Å². The average molecular weight is 350 g/mol. The van der Waals surface area contributed by atoms with Crippen molar-refractivity contribution in [2.75, 3.05) is 0 Å². The van der Waals surface area contributed by atoms with Crippen LogP contribution in [0.1, 0.15) is 23.0 Å². The lowest BCUT2D eigenvalue weighted by atomic mass is 10.0. The minimum Gasteiger partial charge on any atom is -0.382 e. The molecule has 0 saturated carbocycles. The fourth-order valence-electron chi connectivity index (χ4n) is 1.79. The molecule has 5 N–H and O–H groups in total. The maximum Gasteiger partial charge on any atom is 0.141 e. The van der Waals surface area contributed by atoms with Crippen LogP contribution in [0.4, 0.5) is 0 Å². The average Bonchev–Trinajstić information content (AvgIpc) is 2.40. The molecule has 0 radical (unpaired) electrons. The van der Waals surface area contributed by atoms with Gasteiger partial charge >= 0.3 is 0 Å². The number of nitrogen functional groups attached to an aromatic ring is 1. The van der Waals surface area contributed by atoms with E-state index in [0.717, 1.165) is 11.3 Å². The van der Waals surface area contributed by atoms with Crippen LogP contribution in [-0.4, -0.2) is 10.8 Å². The highest BCUT2D eigenvalue weighted by atomic mass is 35.5. The Morgan fingerprint density at radius 1 is 1.00 bits per heavy atom. The number of benzene rings is 1. The van der Waals surface area contributed by atoms with Crippen LogP contribution < -0.4 is 11.5 Å². The van der Waals surface area contributed by atoms with Crippen molar-refractivity contribution in [2.45, 2.75) is 12.5 Å². The first-order valence-corrected chi connectivity index (χ1v) is 5.77. The van der Waals surface area contributed by atoms with Crippen molar-refractivity contribution >= 4 is 43.1 Å². The lowest BCUT2D eigenvalue weighted by Crippen LogP contribution is -2.17. The summed E-state index contributed by atoms with van der Waals surface area (Å²) in [5.74, 6) is -0.0230. The number of rotatable bonds is 4. The van der Waals surface area contributed by atoms with Gasteiger partial charge in [-0.3, -0.25) is 5.41 Å². The molecule has 7 heteroatoms. The van der Waals surface area contributed by atoms with E-state index in [1.165, 1.54) is 0 Å². The fraction of sp³-hybridized carbons (Fsp3) is 0.143. The second kappa shape index (κ2) is 10.4. The van der Waals surface area contributed by atoms with Gasteiger partial charge in [0, 0.05) is 18.2 Å². The summed E-state index contributed by atoms with van der Waals surface area (Å²) in [6.45, 7) is 0. The van der Waals surface area contributed by atoms with Crippen molar-refractivity contribution in [1.29, 1.82) is 5.41 Å². The number of hydrogen-bond acceptors (Lipinski definition) is 3. The highest BCUT2D eigenvalue weighted by Gasteiger charge is 2.08. The molecule has 4 nitrogen and oxygen atoms in total. The van der Waals surface area contributed by atoms with Gasteiger partial charge in [-0.15, -0.1) is 37.2 Å². The minimum atomic E-state index is -0.0964. The van der Waals surface area contributed by atoms with E-state index in [1.54, 1.807) is 6.07 Å². The van der Waals surface area contributed by atoms with Crippen molar-refractivity contribution in [3.05, 3.63) is 65.5 Å². The van der Waals surface area contributed by atoms with Crippen LogP contribution >= 0.6 is 37.2 Å². The summed E-state index contributed by atoms with van der Waals surface area (Å²) in [7, 11) is 0. The zero-order valence-corrected chi connectivity index (χ0v) is 13.7. The predicted octanol–water partition coefficient (Wildman–Crippen LogP) is 2.87. The van der Waals surface area contributed by atoms with Gasteiger partial charge in [-0.2, -0.15) is 0 Å². The van der Waals surface area contributed by atoms with Crippen LogP contribution in [0.3, 0.4) is 0 Å². The summed E-state index contributed by atoms with van der Waals surface area (Å²) in [4.78, 5) is 4.31. The molecule has 0 fully saturated rings. The van der Waals surface area contributed by atoms with Crippen molar-refractivity contribution < 1.29 is 0 Å². The Labute approximate surface area is 143 Å². The number of pyridine rings is 1. The van der Waals surface area contributed by atoms with Crippen LogP contribution in [0.5, 0.6) is 0 Å². The van der Waals surface area contributed by atoms with E-state index in [1.807, 2.05) is 42.5 Å². The van der Waals surface area contributed by atoms with E-state index in [9.17, 15) is 0 Å². The molecule has 1 unspecified atom stereocenters. The zero-order valence-electron chi connectivity index (χ0n) is 11.2. The summed E-state index contributed by atoms with van der Waals surface area (Å²) in [5, 5.41) is 7.36. The quantitative estimate of drug-likeness (QED) is 0.585. The van der Waals surface area contributed by atoms with Gasteiger partial charge < -0.3 is 11.5 Å². The molecular weight excluding hydrogens is 331 g/mol. The van der Waals surface area contributed by atoms with Crippen molar-refractivity contribution in [3.63, 3.8) is 0 Å². The first-order valence-electron chi connectivity index (χ1n) is 5.77. The lowest BCUT2D eigenvalue weighted by molar-refractivity contribution is 0.706. The predicted molar refractivity (Wildman–Crippen MR) is 94.1 cm³/mol. The van der Waals surface area contributed by atoms with Gasteiger partial charge in [-0.05, 0) is 17.7 Å². The lowest BCUT2D eigenvalue weighted by Gasteiger charge is -2.11. The van der Waals surface area contributed by atoms with E-state index < -0.39 is 0 Å². The molecule has 2 aromatic rings. The second-order valence-electron chi connectivity index (χ2n) is 4.15. The Morgan fingerprint density at radius 3 is 2.19 bits per heavy atom. The summed E-state index contributed by atoms with van der Waals surface area (Å²) >= 11 is 0. The summed E-state index contributed by atoms with van der Waals surface area (Å²) < 4.78 is 0. The number of halogens is 3. The van der Waals surface area contributed by atoms with Gasteiger partial charge in [-0.25, -0.2) is 4.98 Å². The fourth-order valence-corrected chi connectivity index (χ4v) is 1.79. The molecule has 1 aromatic carbocycles. The smallest absolute Gasteiger partial charge is 0.141 e. The second-order valence-corrected chi connectivity index (χ2v) is 4.15. The molecule has 1 aromatic heterocycles.